The van der Waals surface area contributed by atoms with Crippen LogP contribution in [0.2, 0.25) is 0 Å². The van der Waals surface area contributed by atoms with Crippen molar-refractivity contribution in [3.63, 3.8) is 0 Å². The SMILES string of the molecule is O=c1[nH]c(Sc2ccccc2)c(CCOCCO)c(=O)[nH]1. The van der Waals surface area contributed by atoms with E-state index in [1.165, 1.54) is 11.8 Å². The Kier molecular flexibility index (Phi) is 5.79. The maximum Gasteiger partial charge on any atom is 0.326 e. The van der Waals surface area contributed by atoms with E-state index in [0.29, 0.717) is 23.6 Å². The lowest BCUT2D eigenvalue weighted by molar-refractivity contribution is 0.0940. The molecule has 1 aromatic heterocycles. The van der Waals surface area contributed by atoms with Crippen LogP contribution in [0.15, 0.2) is 49.8 Å². The van der Waals surface area contributed by atoms with E-state index in [2.05, 4.69) is 9.97 Å². The standard InChI is InChI=1S/C14H16N2O4S/c17-7-9-20-8-6-11-12(18)15-14(19)16-13(11)21-10-4-2-1-3-5-10/h1-5,17H,6-9H2,(H2,15,16,18,19). The quantitative estimate of drug-likeness (QED) is 0.518. The number of hydrogen-bond acceptors (Lipinski definition) is 5. The van der Waals surface area contributed by atoms with Crippen LogP contribution in [-0.2, 0) is 11.2 Å². The molecule has 3 N–H and O–H groups in total. The highest BCUT2D eigenvalue weighted by molar-refractivity contribution is 7.99. The zero-order valence-electron chi connectivity index (χ0n) is 11.3. The zero-order valence-corrected chi connectivity index (χ0v) is 12.1. The van der Waals surface area contributed by atoms with Crippen molar-refractivity contribution in [1.82, 2.24) is 9.97 Å². The summed E-state index contributed by atoms with van der Waals surface area (Å²) < 4.78 is 5.17. The summed E-state index contributed by atoms with van der Waals surface area (Å²) >= 11 is 1.33. The van der Waals surface area contributed by atoms with Crippen LogP contribution in [0.3, 0.4) is 0 Å². The predicted molar refractivity (Wildman–Crippen MR) is 79.9 cm³/mol. The third-order valence-electron chi connectivity index (χ3n) is 2.70. The average molecular weight is 308 g/mol. The lowest BCUT2D eigenvalue weighted by atomic mass is 10.2. The van der Waals surface area contributed by atoms with Crippen molar-refractivity contribution < 1.29 is 9.84 Å². The molecule has 0 amide bonds. The Hall–Kier alpha value is -1.83. The first-order chi connectivity index (χ1) is 10.2. The molecule has 21 heavy (non-hydrogen) atoms. The van der Waals surface area contributed by atoms with Crippen LogP contribution in [0, 0.1) is 0 Å². The Morgan fingerprint density at radius 3 is 2.57 bits per heavy atom. The lowest BCUT2D eigenvalue weighted by Crippen LogP contribution is -2.27. The van der Waals surface area contributed by atoms with Gasteiger partial charge in [0.2, 0.25) is 0 Å². The fraction of sp³-hybridized carbons (Fsp3) is 0.286. The highest BCUT2D eigenvalue weighted by Crippen LogP contribution is 2.26. The van der Waals surface area contributed by atoms with E-state index in [9.17, 15) is 9.59 Å². The van der Waals surface area contributed by atoms with Gasteiger partial charge in [-0.2, -0.15) is 0 Å². The second-order valence-corrected chi connectivity index (χ2v) is 5.30. The molecule has 0 fully saturated rings. The highest BCUT2D eigenvalue weighted by Gasteiger charge is 2.11. The van der Waals surface area contributed by atoms with Gasteiger partial charge in [-0.05, 0) is 12.1 Å². The van der Waals surface area contributed by atoms with E-state index in [-0.39, 0.29) is 13.2 Å². The molecular weight excluding hydrogens is 292 g/mol. The van der Waals surface area contributed by atoms with Crippen LogP contribution >= 0.6 is 11.8 Å². The molecule has 2 rings (SSSR count). The molecule has 7 heteroatoms. The number of hydrogen-bond donors (Lipinski definition) is 3. The van der Waals surface area contributed by atoms with Gasteiger partial charge in [-0.15, -0.1) is 0 Å². The van der Waals surface area contributed by atoms with Gasteiger partial charge >= 0.3 is 5.69 Å². The lowest BCUT2D eigenvalue weighted by Gasteiger charge is -2.08. The minimum Gasteiger partial charge on any atom is -0.394 e. The second kappa shape index (κ2) is 7.82. The van der Waals surface area contributed by atoms with E-state index in [0.717, 1.165) is 4.90 Å². The van der Waals surface area contributed by atoms with Crippen LogP contribution in [0.1, 0.15) is 5.56 Å². The largest absolute Gasteiger partial charge is 0.394 e. The number of aliphatic hydroxyl groups is 1. The molecule has 0 aliphatic rings. The van der Waals surface area contributed by atoms with Crippen molar-refractivity contribution in [3.8, 4) is 0 Å². The van der Waals surface area contributed by atoms with Gasteiger partial charge in [0, 0.05) is 11.3 Å². The molecule has 1 aromatic carbocycles. The number of H-pyrrole nitrogens is 2. The number of aliphatic hydroxyl groups excluding tert-OH is 1. The summed E-state index contributed by atoms with van der Waals surface area (Å²) in [7, 11) is 0. The first kappa shape index (κ1) is 15.6. The molecule has 112 valence electrons. The molecule has 2 aromatic rings. The fourth-order valence-electron chi connectivity index (χ4n) is 1.75. The molecular formula is C14H16N2O4S. The summed E-state index contributed by atoms with van der Waals surface area (Å²) in [4.78, 5) is 29.2. The minimum atomic E-state index is -0.529. The van der Waals surface area contributed by atoms with Crippen molar-refractivity contribution >= 4 is 11.8 Å². The van der Waals surface area contributed by atoms with Crippen molar-refractivity contribution in [1.29, 1.82) is 0 Å². The average Bonchev–Trinajstić information content (AvgIpc) is 2.46. The molecule has 0 saturated heterocycles. The second-order valence-electron chi connectivity index (χ2n) is 4.22. The van der Waals surface area contributed by atoms with Crippen molar-refractivity contribution in [2.75, 3.05) is 19.8 Å². The van der Waals surface area contributed by atoms with Crippen molar-refractivity contribution in [3.05, 3.63) is 56.7 Å². The smallest absolute Gasteiger partial charge is 0.326 e. The summed E-state index contributed by atoms with van der Waals surface area (Å²) in [6.45, 7) is 0.466. The number of ether oxygens (including phenoxy) is 1. The summed E-state index contributed by atoms with van der Waals surface area (Å²) in [5.74, 6) is 0. The van der Waals surface area contributed by atoms with Gasteiger partial charge in [0.25, 0.3) is 5.56 Å². The number of aromatic amines is 2. The van der Waals surface area contributed by atoms with Crippen molar-refractivity contribution in [2.45, 2.75) is 16.3 Å². The molecule has 0 aliphatic heterocycles. The van der Waals surface area contributed by atoms with E-state index >= 15 is 0 Å². The molecule has 0 saturated carbocycles. The first-order valence-electron chi connectivity index (χ1n) is 6.47. The van der Waals surface area contributed by atoms with E-state index < -0.39 is 11.2 Å². The number of benzene rings is 1. The molecule has 0 radical (unpaired) electrons. The molecule has 0 unspecified atom stereocenters. The van der Waals surface area contributed by atoms with Crippen molar-refractivity contribution in [2.24, 2.45) is 0 Å². The van der Waals surface area contributed by atoms with E-state index in [4.69, 9.17) is 9.84 Å². The van der Waals surface area contributed by atoms with Crippen LogP contribution < -0.4 is 11.2 Å². The molecule has 0 atom stereocenters. The first-order valence-corrected chi connectivity index (χ1v) is 7.29. The maximum atomic E-state index is 11.9. The Balaban J connectivity index is 2.22. The van der Waals surface area contributed by atoms with E-state index in [1.54, 1.807) is 0 Å². The van der Waals surface area contributed by atoms with Gasteiger partial charge in [-0.1, -0.05) is 30.0 Å². The Morgan fingerprint density at radius 1 is 1.10 bits per heavy atom. The molecule has 0 bridgehead atoms. The van der Waals surface area contributed by atoms with Crippen LogP contribution in [-0.4, -0.2) is 34.9 Å². The van der Waals surface area contributed by atoms with Crippen LogP contribution in [0.5, 0.6) is 0 Å². The Bertz CT molecular complexity index is 681. The molecule has 6 nitrogen and oxygen atoms in total. The Morgan fingerprint density at radius 2 is 1.86 bits per heavy atom. The van der Waals surface area contributed by atoms with Crippen LogP contribution in [0.25, 0.3) is 0 Å². The fourth-order valence-corrected chi connectivity index (χ4v) is 2.74. The van der Waals surface area contributed by atoms with Gasteiger partial charge in [0.05, 0.1) is 30.4 Å². The third-order valence-corrected chi connectivity index (χ3v) is 3.76. The van der Waals surface area contributed by atoms with Gasteiger partial charge in [-0.3, -0.25) is 9.78 Å². The summed E-state index contributed by atoms with van der Waals surface area (Å²) in [6.07, 6.45) is 0.362. The van der Waals surface area contributed by atoms with Gasteiger partial charge < -0.3 is 14.8 Å². The summed E-state index contributed by atoms with van der Waals surface area (Å²) in [5, 5.41) is 9.18. The predicted octanol–water partition coefficient (Wildman–Crippen LogP) is 0.766. The third kappa shape index (κ3) is 4.59. The van der Waals surface area contributed by atoms with Crippen LogP contribution in [0.4, 0.5) is 0 Å². The molecule has 0 spiro atoms. The topological polar surface area (TPSA) is 95.2 Å². The van der Waals surface area contributed by atoms with Gasteiger partial charge in [0.1, 0.15) is 0 Å². The zero-order chi connectivity index (χ0) is 15.1. The minimum absolute atomic E-state index is 0.0619. The molecule has 1 heterocycles. The number of rotatable bonds is 7. The van der Waals surface area contributed by atoms with E-state index in [1.807, 2.05) is 30.3 Å². The summed E-state index contributed by atoms with van der Waals surface area (Å²) in [5.41, 5.74) is -0.468. The van der Waals surface area contributed by atoms with Gasteiger partial charge in [0.15, 0.2) is 0 Å². The van der Waals surface area contributed by atoms with Gasteiger partial charge in [-0.25, -0.2) is 4.79 Å². The number of aromatic nitrogens is 2. The number of nitrogens with one attached hydrogen (secondary N) is 2. The summed E-state index contributed by atoms with van der Waals surface area (Å²) in [6, 6.07) is 9.47. The normalized spacial score (nSPS) is 10.7. The monoisotopic (exact) mass is 308 g/mol. The molecule has 0 aliphatic carbocycles. The Labute approximate surface area is 125 Å². The maximum absolute atomic E-state index is 11.9. The highest BCUT2D eigenvalue weighted by atomic mass is 32.2.